The monoisotopic (exact) mass is 188 g/mol. The zero-order valence-electron chi connectivity index (χ0n) is 7.11. The van der Waals surface area contributed by atoms with Gasteiger partial charge in [0.1, 0.15) is 0 Å². The van der Waals surface area contributed by atoms with Gasteiger partial charge in [0.05, 0.1) is 0 Å². The Hall–Kier alpha value is -0.630. The van der Waals surface area contributed by atoms with Crippen molar-refractivity contribution in [3.63, 3.8) is 0 Å². The third-order valence-corrected chi connectivity index (χ3v) is 1.43. The summed E-state index contributed by atoms with van der Waals surface area (Å²) in [5.74, 6) is 0. The second kappa shape index (κ2) is 5.95. The molecule has 1 aromatic rings. The third kappa shape index (κ3) is 6.10. The van der Waals surface area contributed by atoms with Crippen LogP contribution in [-0.2, 0) is 4.57 Å². The fraction of sp³-hybridized carbons (Fsp3) is 0.250. The first-order chi connectivity index (χ1) is 5.54. The molecule has 0 amide bonds. The molecule has 0 saturated heterocycles. The minimum Gasteiger partial charge on any atom is -0.326 e. The van der Waals surface area contributed by atoms with E-state index < -0.39 is 8.25 Å². The average Bonchev–Trinajstić information content (AvgIpc) is 1.94. The highest BCUT2D eigenvalue weighted by molar-refractivity contribution is 7.30. The molecule has 0 fully saturated rings. The van der Waals surface area contributed by atoms with Gasteiger partial charge in [-0.15, -0.1) is 0 Å². The van der Waals surface area contributed by atoms with Gasteiger partial charge in [-0.25, -0.2) is 0 Å². The summed E-state index contributed by atoms with van der Waals surface area (Å²) in [5, 5.41) is 0. The van der Waals surface area contributed by atoms with Crippen LogP contribution in [-0.4, -0.2) is 9.79 Å². The van der Waals surface area contributed by atoms with E-state index in [1.165, 1.54) is 11.1 Å². The van der Waals surface area contributed by atoms with Gasteiger partial charge in [0.25, 0.3) is 0 Å². The maximum Gasteiger partial charge on any atom is 0.314 e. The maximum atomic E-state index is 8.74. The molecule has 0 bridgehead atoms. The summed E-state index contributed by atoms with van der Waals surface area (Å²) in [7, 11) is -3.13. The van der Waals surface area contributed by atoms with Gasteiger partial charge in [0.15, 0.2) is 0 Å². The van der Waals surface area contributed by atoms with Crippen molar-refractivity contribution in [2.75, 3.05) is 0 Å². The molecular weight excluding hydrogens is 175 g/mol. The summed E-state index contributed by atoms with van der Waals surface area (Å²) in [6, 6.07) is 8.36. The van der Waals surface area contributed by atoms with E-state index in [9.17, 15) is 0 Å². The molecule has 0 aliphatic heterocycles. The summed E-state index contributed by atoms with van der Waals surface area (Å²) in [4.78, 5) is 14.3. The van der Waals surface area contributed by atoms with Crippen LogP contribution in [0.25, 0.3) is 0 Å². The zero-order valence-corrected chi connectivity index (χ0v) is 8.11. The van der Waals surface area contributed by atoms with E-state index in [2.05, 4.69) is 38.1 Å². The maximum absolute atomic E-state index is 8.74. The van der Waals surface area contributed by atoms with Crippen LogP contribution in [0.2, 0.25) is 0 Å². The van der Waals surface area contributed by atoms with Crippen molar-refractivity contribution >= 4 is 8.25 Å². The molecule has 2 N–H and O–H groups in total. The molecule has 0 atom stereocenters. The summed E-state index contributed by atoms with van der Waals surface area (Å²) in [6.07, 6.45) is 0. The Morgan fingerprint density at radius 1 is 1.08 bits per heavy atom. The second-order valence-electron chi connectivity index (χ2n) is 2.37. The van der Waals surface area contributed by atoms with Gasteiger partial charge in [-0.1, -0.05) is 24.3 Å². The first kappa shape index (κ1) is 11.4. The van der Waals surface area contributed by atoms with Gasteiger partial charge in [-0.05, 0) is 25.0 Å². The molecule has 0 aliphatic rings. The number of hydrogen-bond donors (Lipinski definition) is 2. The van der Waals surface area contributed by atoms with Crippen LogP contribution in [0.5, 0.6) is 0 Å². The number of hydrogen-bond acceptors (Lipinski definition) is 1. The van der Waals surface area contributed by atoms with Gasteiger partial charge < -0.3 is 9.79 Å². The first-order valence-corrected chi connectivity index (χ1v) is 4.78. The number of aryl methyl sites for hydroxylation is 2. The smallest absolute Gasteiger partial charge is 0.314 e. The Labute approximate surface area is 72.6 Å². The predicted molar refractivity (Wildman–Crippen MR) is 49.4 cm³/mol. The lowest BCUT2D eigenvalue weighted by Crippen LogP contribution is -1.74. The summed E-state index contributed by atoms with van der Waals surface area (Å²) in [5.41, 5.74) is 2.74. The lowest BCUT2D eigenvalue weighted by atomic mass is 10.1. The standard InChI is InChI=1S/C8H10.H3O3P/c1-7-5-3-4-6-8(7)2;1-4(2)3/h3-6H,1-2H3;4H,(H2,1,2,3). The van der Waals surface area contributed by atoms with Crippen molar-refractivity contribution in [1.29, 1.82) is 0 Å². The SMILES string of the molecule is Cc1ccccc1C.O=[PH](O)O. The van der Waals surface area contributed by atoms with Crippen LogP contribution >= 0.6 is 8.25 Å². The van der Waals surface area contributed by atoms with E-state index in [4.69, 9.17) is 14.4 Å². The molecule has 0 saturated carbocycles. The largest absolute Gasteiger partial charge is 0.326 e. The van der Waals surface area contributed by atoms with Crippen molar-refractivity contribution in [3.8, 4) is 0 Å². The summed E-state index contributed by atoms with van der Waals surface area (Å²) >= 11 is 0. The number of rotatable bonds is 0. The van der Waals surface area contributed by atoms with Crippen molar-refractivity contribution in [2.45, 2.75) is 13.8 Å². The fourth-order valence-electron chi connectivity index (χ4n) is 0.663. The van der Waals surface area contributed by atoms with E-state index in [-0.39, 0.29) is 0 Å². The molecule has 1 aromatic carbocycles. The van der Waals surface area contributed by atoms with Crippen molar-refractivity contribution in [2.24, 2.45) is 0 Å². The van der Waals surface area contributed by atoms with Crippen LogP contribution < -0.4 is 0 Å². The van der Waals surface area contributed by atoms with Gasteiger partial charge in [0, 0.05) is 0 Å². The normalized spacial score (nSPS) is 9.08. The molecular formula is C8H13O3P. The van der Waals surface area contributed by atoms with Crippen molar-refractivity contribution in [3.05, 3.63) is 35.4 Å². The van der Waals surface area contributed by atoms with Crippen LogP contribution in [0.3, 0.4) is 0 Å². The molecule has 0 heterocycles. The molecule has 0 unspecified atom stereocenters. The minimum atomic E-state index is -3.13. The minimum absolute atomic E-state index is 1.37. The Morgan fingerprint density at radius 3 is 1.50 bits per heavy atom. The summed E-state index contributed by atoms with van der Waals surface area (Å²) in [6.45, 7) is 4.24. The van der Waals surface area contributed by atoms with E-state index >= 15 is 0 Å². The van der Waals surface area contributed by atoms with Gasteiger partial charge in [0.2, 0.25) is 0 Å². The predicted octanol–water partition coefficient (Wildman–Crippen LogP) is 1.66. The quantitative estimate of drug-likeness (QED) is 0.609. The molecule has 0 spiro atoms. The molecule has 0 aromatic heterocycles. The zero-order chi connectivity index (χ0) is 9.56. The van der Waals surface area contributed by atoms with E-state index in [1.54, 1.807) is 0 Å². The molecule has 0 radical (unpaired) electrons. The summed E-state index contributed by atoms with van der Waals surface area (Å²) < 4.78 is 8.74. The molecule has 12 heavy (non-hydrogen) atoms. The van der Waals surface area contributed by atoms with Gasteiger partial charge in [-0.3, -0.25) is 4.57 Å². The Bertz CT molecular complexity index is 235. The molecule has 4 heteroatoms. The fourth-order valence-corrected chi connectivity index (χ4v) is 0.663. The second-order valence-corrected chi connectivity index (χ2v) is 2.93. The molecule has 68 valence electrons. The van der Waals surface area contributed by atoms with Gasteiger partial charge >= 0.3 is 8.25 Å². The van der Waals surface area contributed by atoms with Crippen LogP contribution in [0.1, 0.15) is 11.1 Å². The van der Waals surface area contributed by atoms with Crippen LogP contribution in [0.4, 0.5) is 0 Å². The van der Waals surface area contributed by atoms with E-state index in [0.717, 1.165) is 0 Å². The van der Waals surface area contributed by atoms with Crippen molar-refractivity contribution < 1.29 is 14.4 Å². The lowest BCUT2D eigenvalue weighted by Gasteiger charge is -1.93. The highest BCUT2D eigenvalue weighted by atomic mass is 31.1. The van der Waals surface area contributed by atoms with E-state index in [0.29, 0.717) is 0 Å². The number of benzene rings is 1. The molecule has 3 nitrogen and oxygen atoms in total. The molecule has 0 aliphatic carbocycles. The topological polar surface area (TPSA) is 57.5 Å². The van der Waals surface area contributed by atoms with Crippen molar-refractivity contribution in [1.82, 2.24) is 0 Å². The first-order valence-electron chi connectivity index (χ1n) is 3.48. The Morgan fingerprint density at radius 2 is 1.33 bits per heavy atom. The average molecular weight is 188 g/mol. The lowest BCUT2D eigenvalue weighted by molar-refractivity contribution is 0.405. The highest BCUT2D eigenvalue weighted by Gasteiger charge is 1.83. The van der Waals surface area contributed by atoms with Crippen LogP contribution in [0, 0.1) is 13.8 Å². The highest BCUT2D eigenvalue weighted by Crippen LogP contribution is 2.02. The van der Waals surface area contributed by atoms with Gasteiger partial charge in [-0.2, -0.15) is 0 Å². The molecule has 1 rings (SSSR count). The third-order valence-electron chi connectivity index (χ3n) is 1.43. The Kier molecular flexibility index (Phi) is 5.64. The Balaban J connectivity index is 0.000000261. The van der Waals surface area contributed by atoms with E-state index in [1.807, 2.05) is 0 Å². The van der Waals surface area contributed by atoms with Crippen LogP contribution in [0.15, 0.2) is 24.3 Å².